The number of hydrogen-bond acceptors (Lipinski definition) is 3. The van der Waals surface area contributed by atoms with Gasteiger partial charge in [0.25, 0.3) is 0 Å². The van der Waals surface area contributed by atoms with Gasteiger partial charge >= 0.3 is 5.97 Å². The summed E-state index contributed by atoms with van der Waals surface area (Å²) in [5.41, 5.74) is 5.70. The highest BCUT2D eigenvalue weighted by atomic mass is 16.5. The molecule has 4 rings (SSSR count). The van der Waals surface area contributed by atoms with Crippen LogP contribution in [0.3, 0.4) is 0 Å². The van der Waals surface area contributed by atoms with Crippen molar-refractivity contribution in [3.8, 4) is 23.6 Å². The fraction of sp³-hybridized carbons (Fsp3) is 0.346. The second kappa shape index (κ2) is 8.77. The molecule has 30 heavy (non-hydrogen) atoms. The first kappa shape index (κ1) is 20.3. The fourth-order valence-corrected chi connectivity index (χ4v) is 4.86. The molecular weight excluding hydrogens is 374 g/mol. The number of rotatable bonds is 5. The van der Waals surface area contributed by atoms with Gasteiger partial charge in [-0.3, -0.25) is 0 Å². The molecule has 0 saturated heterocycles. The molecule has 3 aromatic rings. The summed E-state index contributed by atoms with van der Waals surface area (Å²) < 4.78 is 7.06. The number of fused-ring (bicyclic) bond motifs is 1. The molecule has 4 nitrogen and oxygen atoms in total. The van der Waals surface area contributed by atoms with Crippen LogP contribution in [0.15, 0.2) is 42.5 Å². The van der Waals surface area contributed by atoms with E-state index < -0.39 is 0 Å². The molecule has 0 bridgehead atoms. The second-order valence-corrected chi connectivity index (χ2v) is 7.93. The van der Waals surface area contributed by atoms with E-state index in [0.717, 1.165) is 40.6 Å². The van der Waals surface area contributed by atoms with E-state index in [1.165, 1.54) is 31.9 Å². The third-order valence-corrected chi connectivity index (χ3v) is 6.23. The number of benzene rings is 2. The Balaban J connectivity index is 2.06. The van der Waals surface area contributed by atoms with Crippen molar-refractivity contribution in [2.45, 2.75) is 51.2 Å². The average molecular weight is 402 g/mol. The van der Waals surface area contributed by atoms with E-state index in [1.54, 1.807) is 0 Å². The summed E-state index contributed by atoms with van der Waals surface area (Å²) in [6, 6.07) is 13.7. The van der Waals surface area contributed by atoms with Crippen LogP contribution >= 0.6 is 0 Å². The van der Waals surface area contributed by atoms with E-state index in [2.05, 4.69) is 16.6 Å². The van der Waals surface area contributed by atoms with Crippen LogP contribution in [0.2, 0.25) is 0 Å². The molecule has 154 valence electrons. The fourth-order valence-electron chi connectivity index (χ4n) is 4.86. The van der Waals surface area contributed by atoms with Gasteiger partial charge in [0.15, 0.2) is 0 Å². The maximum Gasteiger partial charge on any atom is 0.337 e. The van der Waals surface area contributed by atoms with Gasteiger partial charge < -0.3 is 14.4 Å². The Bertz CT molecular complexity index is 1110. The van der Waals surface area contributed by atoms with E-state index in [0.29, 0.717) is 18.0 Å². The number of carbonyl (C=O) groups is 1. The molecule has 0 spiro atoms. The van der Waals surface area contributed by atoms with E-state index >= 15 is 0 Å². The number of ether oxygens (including phenoxy) is 1. The summed E-state index contributed by atoms with van der Waals surface area (Å²) in [7, 11) is 1.39. The van der Waals surface area contributed by atoms with E-state index in [-0.39, 0.29) is 12.6 Å². The van der Waals surface area contributed by atoms with Gasteiger partial charge in [-0.2, -0.15) is 0 Å². The summed E-state index contributed by atoms with van der Waals surface area (Å²) in [5.74, 6) is 2.86. The molecule has 0 aliphatic heterocycles. The van der Waals surface area contributed by atoms with Crippen LogP contribution in [0.25, 0.3) is 22.2 Å². The smallest absolute Gasteiger partial charge is 0.337 e. The molecule has 0 radical (unpaired) electrons. The third-order valence-electron chi connectivity index (χ3n) is 6.23. The van der Waals surface area contributed by atoms with Gasteiger partial charge in [-0.1, -0.05) is 55.5 Å². The van der Waals surface area contributed by atoms with Crippen molar-refractivity contribution in [2.75, 3.05) is 7.11 Å². The van der Waals surface area contributed by atoms with Crippen LogP contribution in [-0.4, -0.2) is 22.8 Å². The summed E-state index contributed by atoms with van der Waals surface area (Å²) in [6.45, 7) is 0.355. The zero-order valence-electron chi connectivity index (χ0n) is 17.4. The summed E-state index contributed by atoms with van der Waals surface area (Å²) in [6.07, 6.45) is 11.8. The number of nitrogens with zero attached hydrogens (tertiary/aromatic N) is 1. The van der Waals surface area contributed by atoms with Crippen LogP contribution in [0.1, 0.15) is 59.5 Å². The standard InChI is InChI=1S/C26H27NO3/c1-3-15-27-23-16-19(26(29)30-2)13-14-22(23)24(18-9-5-4-6-10-18)25(27)21-12-8-7-11-20(21)17-28/h1,7-8,11-14,16,18,28H,4-6,9-10,15,17H2,2H3. The largest absolute Gasteiger partial charge is 0.465 e. The van der Waals surface area contributed by atoms with Crippen molar-refractivity contribution < 1.29 is 14.6 Å². The molecule has 1 aromatic heterocycles. The van der Waals surface area contributed by atoms with Crippen LogP contribution in [0.5, 0.6) is 0 Å². The Morgan fingerprint density at radius 3 is 2.67 bits per heavy atom. The topological polar surface area (TPSA) is 51.5 Å². The maximum absolute atomic E-state index is 12.2. The molecule has 1 fully saturated rings. The van der Waals surface area contributed by atoms with Crippen LogP contribution in [-0.2, 0) is 17.9 Å². The third kappa shape index (κ3) is 3.51. The first-order chi connectivity index (χ1) is 14.7. The SMILES string of the molecule is C#CCn1c(-c2ccccc2CO)c(C2CCCCC2)c2ccc(C(=O)OC)cc21. The predicted octanol–water partition coefficient (Wildman–Crippen LogP) is 5.27. The first-order valence-electron chi connectivity index (χ1n) is 10.6. The average Bonchev–Trinajstić information content (AvgIpc) is 3.12. The number of hydrogen-bond donors (Lipinski definition) is 1. The first-order valence-corrected chi connectivity index (χ1v) is 10.6. The Kier molecular flexibility index (Phi) is 5.92. The molecule has 1 N–H and O–H groups in total. The number of terminal acetylenes is 1. The molecule has 0 atom stereocenters. The van der Waals surface area contributed by atoms with Crippen LogP contribution in [0, 0.1) is 12.3 Å². The lowest BCUT2D eigenvalue weighted by Crippen LogP contribution is -2.08. The maximum atomic E-state index is 12.2. The minimum absolute atomic E-state index is 0.0364. The monoisotopic (exact) mass is 401 g/mol. The predicted molar refractivity (Wildman–Crippen MR) is 119 cm³/mol. The molecule has 1 heterocycles. The van der Waals surface area contributed by atoms with Crippen molar-refractivity contribution in [1.29, 1.82) is 0 Å². The van der Waals surface area contributed by atoms with E-state index in [9.17, 15) is 9.90 Å². The van der Waals surface area contributed by atoms with Gasteiger partial charge in [-0.05, 0) is 42.0 Å². The van der Waals surface area contributed by atoms with Gasteiger partial charge in [0.2, 0.25) is 0 Å². The minimum Gasteiger partial charge on any atom is -0.465 e. The number of aliphatic hydroxyl groups is 1. The molecular formula is C26H27NO3. The lowest BCUT2D eigenvalue weighted by molar-refractivity contribution is 0.0601. The highest BCUT2D eigenvalue weighted by molar-refractivity contribution is 5.99. The van der Waals surface area contributed by atoms with E-state index in [4.69, 9.17) is 11.2 Å². The summed E-state index contributed by atoms with van der Waals surface area (Å²) in [5, 5.41) is 11.1. The summed E-state index contributed by atoms with van der Waals surface area (Å²) in [4.78, 5) is 12.2. The quantitative estimate of drug-likeness (QED) is 0.468. The Morgan fingerprint density at radius 2 is 1.97 bits per heavy atom. The summed E-state index contributed by atoms with van der Waals surface area (Å²) >= 11 is 0. The molecule has 1 aliphatic carbocycles. The highest BCUT2D eigenvalue weighted by Gasteiger charge is 2.27. The van der Waals surface area contributed by atoms with Gasteiger partial charge in [0.05, 0.1) is 37.0 Å². The normalized spacial score (nSPS) is 14.6. The van der Waals surface area contributed by atoms with Crippen molar-refractivity contribution in [2.24, 2.45) is 0 Å². The van der Waals surface area contributed by atoms with Crippen LogP contribution in [0.4, 0.5) is 0 Å². The van der Waals surface area contributed by atoms with Crippen molar-refractivity contribution in [3.63, 3.8) is 0 Å². The zero-order chi connectivity index (χ0) is 21.1. The Labute approximate surface area is 177 Å². The number of aromatic nitrogens is 1. The van der Waals surface area contributed by atoms with Gasteiger partial charge in [-0.15, -0.1) is 6.42 Å². The Morgan fingerprint density at radius 1 is 1.20 bits per heavy atom. The molecule has 1 aliphatic rings. The van der Waals surface area contributed by atoms with Gasteiger partial charge in [0.1, 0.15) is 0 Å². The zero-order valence-corrected chi connectivity index (χ0v) is 17.4. The second-order valence-electron chi connectivity index (χ2n) is 7.93. The molecule has 4 heteroatoms. The van der Waals surface area contributed by atoms with Gasteiger partial charge in [0, 0.05) is 10.9 Å². The molecule has 1 saturated carbocycles. The molecule has 2 aromatic carbocycles. The van der Waals surface area contributed by atoms with Gasteiger partial charge in [-0.25, -0.2) is 4.79 Å². The lowest BCUT2D eigenvalue weighted by atomic mass is 9.81. The van der Waals surface area contributed by atoms with E-state index in [1.807, 2.05) is 36.4 Å². The highest BCUT2D eigenvalue weighted by Crippen LogP contribution is 2.45. The number of aliphatic hydroxyl groups excluding tert-OH is 1. The number of carbonyl (C=O) groups excluding carboxylic acids is 1. The lowest BCUT2D eigenvalue weighted by Gasteiger charge is -2.24. The van der Waals surface area contributed by atoms with Crippen molar-refractivity contribution in [3.05, 3.63) is 59.2 Å². The molecule has 0 unspecified atom stereocenters. The minimum atomic E-state index is -0.359. The van der Waals surface area contributed by atoms with Crippen LogP contribution < -0.4 is 0 Å². The Hall–Kier alpha value is -3.03. The number of esters is 1. The number of methoxy groups -OCH3 is 1. The molecule has 0 amide bonds. The van der Waals surface area contributed by atoms with Crippen molar-refractivity contribution >= 4 is 16.9 Å². The van der Waals surface area contributed by atoms with Crippen molar-refractivity contribution in [1.82, 2.24) is 4.57 Å².